The largest absolute Gasteiger partial charge is 0.416 e. The molecule has 2 fully saturated rings. The Balaban J connectivity index is 1.20. The quantitative estimate of drug-likeness (QED) is 0.428. The highest BCUT2D eigenvalue weighted by Crippen LogP contribution is 2.54. The molecule has 3 aliphatic rings. The molecule has 0 spiro atoms. The van der Waals surface area contributed by atoms with Crippen LogP contribution in [0.25, 0.3) is 0 Å². The van der Waals surface area contributed by atoms with Gasteiger partial charge in [-0.15, -0.1) is 11.3 Å². The molecular weight excluding hydrogens is 527 g/mol. The molecule has 0 saturated heterocycles. The van der Waals surface area contributed by atoms with Crippen molar-refractivity contribution in [1.29, 1.82) is 0 Å². The zero-order valence-corrected chi connectivity index (χ0v) is 22.2. The number of hydrogen-bond donors (Lipinski definition) is 2. The Morgan fingerprint density at radius 2 is 1.95 bits per heavy atom. The molecule has 0 unspecified atom stereocenters. The van der Waals surface area contributed by atoms with Crippen molar-refractivity contribution in [1.82, 2.24) is 14.9 Å². The van der Waals surface area contributed by atoms with Gasteiger partial charge in [-0.3, -0.25) is 9.59 Å². The van der Waals surface area contributed by atoms with Gasteiger partial charge in [0.05, 0.1) is 28.8 Å². The van der Waals surface area contributed by atoms with Crippen molar-refractivity contribution in [3.8, 4) is 0 Å². The Hall–Kier alpha value is -2.98. The third kappa shape index (κ3) is 4.93. The van der Waals surface area contributed by atoms with Crippen molar-refractivity contribution in [2.24, 2.45) is 0 Å². The monoisotopic (exact) mass is 557 g/mol. The van der Waals surface area contributed by atoms with Crippen molar-refractivity contribution < 1.29 is 23.1 Å². The first-order valence-corrected chi connectivity index (χ1v) is 14.4. The number of aliphatic hydroxyl groups excluding tert-OH is 1. The number of alkyl halides is 3. The molecule has 3 heterocycles. The fourth-order valence-corrected chi connectivity index (χ4v) is 7.27. The number of aromatic nitrogens is 2. The summed E-state index contributed by atoms with van der Waals surface area (Å²) in [5.74, 6) is 0.549. The summed E-state index contributed by atoms with van der Waals surface area (Å²) in [4.78, 5) is 36.6. The fraction of sp³-hybridized carbons (Fsp3) is 0.483. The van der Waals surface area contributed by atoms with E-state index in [1.54, 1.807) is 11.3 Å². The first kappa shape index (κ1) is 26.3. The number of benzene rings is 1. The first-order chi connectivity index (χ1) is 18.7. The lowest BCUT2D eigenvalue weighted by atomic mass is 9.85. The van der Waals surface area contributed by atoms with Crippen LogP contribution < -0.4 is 5.56 Å². The number of nitrogens with one attached hydrogen (secondary N) is 1. The average Bonchev–Trinajstić information content (AvgIpc) is 3.61. The summed E-state index contributed by atoms with van der Waals surface area (Å²) in [6.07, 6.45) is 2.16. The maximum absolute atomic E-state index is 13.2. The predicted molar refractivity (Wildman–Crippen MR) is 141 cm³/mol. The molecule has 39 heavy (non-hydrogen) atoms. The summed E-state index contributed by atoms with van der Waals surface area (Å²) in [7, 11) is 0. The first-order valence-electron chi connectivity index (χ1n) is 13.5. The number of fused-ring (bicyclic) bond motifs is 1. The number of hydrogen-bond acceptors (Lipinski definition) is 5. The van der Waals surface area contributed by atoms with Crippen molar-refractivity contribution in [3.63, 3.8) is 0 Å². The topological polar surface area (TPSA) is 86.3 Å². The van der Waals surface area contributed by atoms with Gasteiger partial charge in [0, 0.05) is 17.8 Å². The smallest absolute Gasteiger partial charge is 0.378 e. The van der Waals surface area contributed by atoms with Crippen molar-refractivity contribution in [2.75, 3.05) is 6.54 Å². The van der Waals surface area contributed by atoms with E-state index in [9.17, 15) is 27.9 Å². The van der Waals surface area contributed by atoms with E-state index in [1.807, 2.05) is 0 Å². The van der Waals surface area contributed by atoms with Crippen LogP contribution in [0, 0.1) is 0 Å². The highest BCUT2D eigenvalue weighted by Gasteiger charge is 2.50. The number of thiophene rings is 1. The van der Waals surface area contributed by atoms with Crippen LogP contribution in [-0.4, -0.2) is 32.4 Å². The van der Waals surface area contributed by atoms with E-state index in [4.69, 9.17) is 4.98 Å². The van der Waals surface area contributed by atoms with E-state index >= 15 is 0 Å². The lowest BCUT2D eigenvalue weighted by molar-refractivity contribution is -0.142. The van der Waals surface area contributed by atoms with Gasteiger partial charge in [-0.25, -0.2) is 4.98 Å². The molecule has 2 aromatic heterocycles. The van der Waals surface area contributed by atoms with Crippen LogP contribution in [0.15, 0.2) is 40.5 Å². The predicted octanol–water partition coefficient (Wildman–Crippen LogP) is 5.60. The summed E-state index contributed by atoms with van der Waals surface area (Å²) in [5.41, 5.74) is 0.752. The van der Waals surface area contributed by atoms with Crippen LogP contribution in [0.5, 0.6) is 0 Å². The van der Waals surface area contributed by atoms with E-state index < -0.39 is 23.8 Å². The number of carbonyl (C=O) groups is 1. The summed E-state index contributed by atoms with van der Waals surface area (Å²) >= 11 is 1.75. The molecule has 6 rings (SSSR count). The minimum atomic E-state index is -4.58. The number of aromatic amines is 1. The van der Waals surface area contributed by atoms with Gasteiger partial charge in [0.1, 0.15) is 5.82 Å². The fourth-order valence-electron chi connectivity index (χ4n) is 6.02. The van der Waals surface area contributed by atoms with Crippen LogP contribution in [0.3, 0.4) is 0 Å². The third-order valence-electron chi connectivity index (χ3n) is 8.52. The second-order valence-corrected chi connectivity index (χ2v) is 11.9. The second-order valence-electron chi connectivity index (χ2n) is 11.0. The Labute approximate surface area is 227 Å². The lowest BCUT2D eigenvalue weighted by Gasteiger charge is -2.30. The highest BCUT2D eigenvalue weighted by molar-refractivity contribution is 7.10. The number of nitrogens with zero attached hydrogens (tertiary/aromatic N) is 2. The zero-order valence-electron chi connectivity index (χ0n) is 21.4. The summed E-state index contributed by atoms with van der Waals surface area (Å²) in [6.45, 7) is 0.167. The van der Waals surface area contributed by atoms with Crippen LogP contribution in [0.4, 0.5) is 13.2 Å². The van der Waals surface area contributed by atoms with Crippen LogP contribution in [0.1, 0.15) is 95.6 Å². The molecular formula is C29H30F3N3O3S. The lowest BCUT2D eigenvalue weighted by Crippen LogP contribution is -2.42. The summed E-state index contributed by atoms with van der Waals surface area (Å²) in [6, 6.07) is 6.43. The number of carbonyl (C=O) groups excluding carboxylic acids is 1. The SMILES string of the molecule is O=C([C@H](O)c1cccc(C(F)(F)F)c1)N1CCc2nc(C3(c4cc(C5CCCCC5)cs4)CC3)[nH]c(=O)c2C1. The number of amides is 1. The van der Waals surface area contributed by atoms with Crippen LogP contribution >= 0.6 is 11.3 Å². The minimum Gasteiger partial charge on any atom is -0.378 e. The number of halogens is 3. The molecule has 2 aliphatic carbocycles. The molecule has 2 saturated carbocycles. The summed E-state index contributed by atoms with van der Waals surface area (Å²) in [5, 5.41) is 12.8. The Bertz CT molecular complexity index is 1450. The highest BCUT2D eigenvalue weighted by atomic mass is 32.1. The maximum Gasteiger partial charge on any atom is 0.416 e. The van der Waals surface area contributed by atoms with Gasteiger partial charge in [-0.1, -0.05) is 31.4 Å². The summed E-state index contributed by atoms with van der Waals surface area (Å²) < 4.78 is 39.3. The average molecular weight is 558 g/mol. The van der Waals surface area contributed by atoms with E-state index in [2.05, 4.69) is 16.4 Å². The molecule has 1 aliphatic heterocycles. The normalized spacial score (nSPS) is 19.9. The molecule has 206 valence electrons. The third-order valence-corrected chi connectivity index (χ3v) is 9.67. The number of aliphatic hydroxyl groups is 1. The maximum atomic E-state index is 13.2. The Kier molecular flexibility index (Phi) is 6.66. The van der Waals surface area contributed by atoms with Gasteiger partial charge in [0.25, 0.3) is 11.5 Å². The van der Waals surface area contributed by atoms with Gasteiger partial charge in [0.15, 0.2) is 6.10 Å². The van der Waals surface area contributed by atoms with Crippen LogP contribution in [0.2, 0.25) is 0 Å². The standard InChI is InChI=1S/C29H30F3N3O3S/c30-29(31,32)20-8-4-7-18(13-20)24(36)26(38)35-12-9-22-21(15-35)25(37)34-27(33-22)28(10-11-28)23-14-19(16-39-23)17-5-2-1-3-6-17/h4,7-8,13-14,16-17,24,36H,1-3,5-6,9-12,15H2,(H,33,34,37)/t24-/m1/s1. The molecule has 0 radical (unpaired) electrons. The van der Waals surface area contributed by atoms with Gasteiger partial charge in [-0.2, -0.15) is 13.2 Å². The van der Waals surface area contributed by atoms with Crippen LogP contribution in [-0.2, 0) is 29.4 Å². The van der Waals surface area contributed by atoms with Crippen molar-refractivity contribution in [2.45, 2.75) is 81.5 Å². The van der Waals surface area contributed by atoms with Crippen molar-refractivity contribution >= 4 is 17.2 Å². The van der Waals surface area contributed by atoms with Gasteiger partial charge < -0.3 is 15.0 Å². The molecule has 1 atom stereocenters. The minimum absolute atomic E-state index is 0.0510. The van der Waals surface area contributed by atoms with E-state index in [0.29, 0.717) is 29.4 Å². The molecule has 1 amide bonds. The Morgan fingerprint density at radius 3 is 2.67 bits per heavy atom. The number of H-pyrrole nitrogens is 1. The molecule has 10 heteroatoms. The van der Waals surface area contributed by atoms with E-state index in [-0.39, 0.29) is 29.6 Å². The van der Waals surface area contributed by atoms with Crippen molar-refractivity contribution in [3.05, 3.63) is 84.7 Å². The zero-order chi connectivity index (χ0) is 27.4. The van der Waals surface area contributed by atoms with Gasteiger partial charge in [0.2, 0.25) is 0 Å². The second kappa shape index (κ2) is 9.89. The number of rotatable bonds is 5. The van der Waals surface area contributed by atoms with E-state index in [0.717, 1.165) is 31.0 Å². The molecule has 1 aromatic carbocycles. The Morgan fingerprint density at radius 1 is 1.18 bits per heavy atom. The molecule has 2 N–H and O–H groups in total. The molecule has 6 nitrogen and oxygen atoms in total. The molecule has 3 aromatic rings. The van der Waals surface area contributed by atoms with E-state index in [1.165, 1.54) is 53.5 Å². The van der Waals surface area contributed by atoms with Gasteiger partial charge >= 0.3 is 6.18 Å². The molecule has 0 bridgehead atoms. The van der Waals surface area contributed by atoms with Gasteiger partial charge in [-0.05, 0) is 66.3 Å².